The van der Waals surface area contributed by atoms with Crippen LogP contribution >= 0.6 is 46.4 Å². The largest absolute Gasteiger partial charge is 0.350 e. The van der Waals surface area contributed by atoms with E-state index < -0.39 is 10.8 Å². The molecular weight excluding hydrogens is 638 g/mol. The maximum absolute atomic E-state index is 13.0. The summed E-state index contributed by atoms with van der Waals surface area (Å²) in [7, 11) is 0. The van der Waals surface area contributed by atoms with Gasteiger partial charge in [0, 0.05) is 40.1 Å². The highest BCUT2D eigenvalue weighted by molar-refractivity contribution is 6.39. The third-order valence-corrected chi connectivity index (χ3v) is 9.92. The van der Waals surface area contributed by atoms with Crippen LogP contribution in [-0.4, -0.2) is 46.4 Å². The number of amidine groups is 1. The Kier molecular flexibility index (Phi) is 7.79. The number of β-lactam (4-membered cyclic amide) rings is 2. The number of carbonyl (C=O) groups excluding carboxylic acids is 2. The molecule has 0 spiro atoms. The van der Waals surface area contributed by atoms with E-state index in [0.29, 0.717) is 23.1 Å². The van der Waals surface area contributed by atoms with Gasteiger partial charge in [-0.15, -0.1) is 23.2 Å². The molecule has 2 amide bonds. The zero-order chi connectivity index (χ0) is 30.5. The molecule has 222 valence electrons. The van der Waals surface area contributed by atoms with Gasteiger partial charge in [-0.2, -0.15) is 0 Å². The zero-order valence-electron chi connectivity index (χ0n) is 23.3. The minimum absolute atomic E-state index is 0.149. The minimum atomic E-state index is -0.684. The van der Waals surface area contributed by atoms with Crippen LogP contribution in [-0.2, 0) is 16.1 Å². The highest BCUT2D eigenvalue weighted by Gasteiger charge is 2.49. The molecule has 3 aliphatic rings. The van der Waals surface area contributed by atoms with Crippen molar-refractivity contribution in [2.75, 3.05) is 22.9 Å². The van der Waals surface area contributed by atoms with E-state index in [9.17, 15) is 9.59 Å². The predicted octanol–water partition coefficient (Wildman–Crippen LogP) is 7.65. The minimum Gasteiger partial charge on any atom is -0.350 e. The maximum Gasteiger partial charge on any atom is 0.248 e. The molecule has 0 N–H and O–H groups in total. The Morgan fingerprint density at radius 2 is 1.23 bits per heavy atom. The average Bonchev–Trinajstić information content (AvgIpc) is 3.50. The van der Waals surface area contributed by atoms with Crippen molar-refractivity contribution in [3.63, 3.8) is 0 Å². The van der Waals surface area contributed by atoms with Crippen LogP contribution in [0.15, 0.2) is 102 Å². The SMILES string of the molecule is O=C1C(Cl)C(c2ccccc2Cl)N1c1cccc(CN2CCN=C2c2cccc(N3C(=O)C(Cl)C3c3ccccc3Cl)c2)c1. The quantitative estimate of drug-likeness (QED) is 0.151. The van der Waals surface area contributed by atoms with Gasteiger partial charge < -0.3 is 14.7 Å². The Morgan fingerprint density at radius 1 is 0.682 bits per heavy atom. The molecule has 0 aliphatic carbocycles. The Labute approximate surface area is 275 Å². The third-order valence-electron chi connectivity index (χ3n) is 8.38. The second kappa shape index (κ2) is 11.8. The molecule has 4 aromatic rings. The molecule has 6 nitrogen and oxygen atoms in total. The predicted molar refractivity (Wildman–Crippen MR) is 177 cm³/mol. The number of alkyl halides is 2. The van der Waals surface area contributed by atoms with Crippen molar-refractivity contribution in [1.82, 2.24) is 4.90 Å². The monoisotopic (exact) mass is 662 g/mol. The van der Waals surface area contributed by atoms with Crippen molar-refractivity contribution in [1.29, 1.82) is 0 Å². The van der Waals surface area contributed by atoms with Gasteiger partial charge in [0.2, 0.25) is 11.8 Å². The Balaban J connectivity index is 1.12. The highest BCUT2D eigenvalue weighted by atomic mass is 35.5. The van der Waals surface area contributed by atoms with Crippen LogP contribution < -0.4 is 9.80 Å². The Morgan fingerprint density at radius 3 is 1.82 bits per heavy atom. The summed E-state index contributed by atoms with van der Waals surface area (Å²) in [6.07, 6.45) is 0. The van der Waals surface area contributed by atoms with Crippen molar-refractivity contribution >= 4 is 75.4 Å². The van der Waals surface area contributed by atoms with Crippen LogP contribution in [0.5, 0.6) is 0 Å². The molecule has 7 rings (SSSR count). The first-order chi connectivity index (χ1) is 21.3. The smallest absolute Gasteiger partial charge is 0.248 e. The fraction of sp³-hybridized carbons (Fsp3) is 0.206. The lowest BCUT2D eigenvalue weighted by Gasteiger charge is -2.45. The lowest BCUT2D eigenvalue weighted by Crippen LogP contribution is -2.56. The topological polar surface area (TPSA) is 56.2 Å². The fourth-order valence-electron chi connectivity index (χ4n) is 6.24. The van der Waals surface area contributed by atoms with Gasteiger partial charge in [-0.05, 0) is 53.1 Å². The summed E-state index contributed by atoms with van der Waals surface area (Å²) in [4.78, 5) is 36.3. The number of hydrogen-bond donors (Lipinski definition) is 0. The van der Waals surface area contributed by atoms with Crippen molar-refractivity contribution < 1.29 is 9.59 Å². The highest BCUT2D eigenvalue weighted by Crippen LogP contribution is 2.46. The van der Waals surface area contributed by atoms with Gasteiger partial charge in [0.25, 0.3) is 0 Å². The Hall–Kier alpha value is -3.55. The summed E-state index contributed by atoms with van der Waals surface area (Å²) in [6.45, 7) is 1.99. The van der Waals surface area contributed by atoms with Crippen molar-refractivity contribution in [2.24, 2.45) is 4.99 Å². The van der Waals surface area contributed by atoms with Gasteiger partial charge in [-0.3, -0.25) is 14.6 Å². The van der Waals surface area contributed by atoms with E-state index in [1.165, 1.54) is 0 Å². The van der Waals surface area contributed by atoms with Gasteiger partial charge in [-0.25, -0.2) is 0 Å². The van der Waals surface area contributed by atoms with E-state index in [0.717, 1.165) is 46.0 Å². The second-order valence-electron chi connectivity index (χ2n) is 11.0. The molecule has 0 aromatic heterocycles. The van der Waals surface area contributed by atoms with Gasteiger partial charge in [-0.1, -0.05) is 83.9 Å². The first-order valence-corrected chi connectivity index (χ1v) is 15.9. The first-order valence-electron chi connectivity index (χ1n) is 14.3. The molecular formula is C34H26Cl4N4O2. The van der Waals surface area contributed by atoms with Crippen LogP contribution in [0, 0.1) is 0 Å². The molecule has 4 aromatic carbocycles. The third kappa shape index (κ3) is 4.94. The van der Waals surface area contributed by atoms with Crippen molar-refractivity contribution in [3.05, 3.63) is 129 Å². The summed E-state index contributed by atoms with van der Waals surface area (Å²) >= 11 is 25.9. The van der Waals surface area contributed by atoms with Crippen LogP contribution in [0.3, 0.4) is 0 Å². The molecule has 4 unspecified atom stereocenters. The molecule has 0 radical (unpaired) electrons. The average molecular weight is 664 g/mol. The summed E-state index contributed by atoms with van der Waals surface area (Å²) in [5.74, 6) is 0.533. The molecule has 3 aliphatic heterocycles. The van der Waals surface area contributed by atoms with Crippen molar-refractivity contribution in [3.8, 4) is 0 Å². The number of carbonyl (C=O) groups is 2. The standard InChI is InChI=1S/C34H26Cl4N4O2/c35-26-13-3-1-11-24(26)30-28(37)33(43)41(30)22-9-5-7-20(17-22)19-40-16-15-39-32(40)21-8-6-10-23(18-21)42-31(29(38)34(42)44)25-12-2-4-14-27(25)36/h1-14,17-18,28-31H,15-16,19H2. The zero-order valence-corrected chi connectivity index (χ0v) is 26.3. The number of benzene rings is 4. The normalized spacial score (nSPS) is 23.0. The van der Waals surface area contributed by atoms with Gasteiger partial charge >= 0.3 is 0 Å². The lowest BCUT2D eigenvalue weighted by molar-refractivity contribution is -0.124. The van der Waals surface area contributed by atoms with Gasteiger partial charge in [0.15, 0.2) is 0 Å². The summed E-state index contributed by atoms with van der Waals surface area (Å²) in [5.41, 5.74) is 5.08. The number of halogens is 4. The molecule has 2 saturated heterocycles. The fourth-order valence-corrected chi connectivity index (χ4v) is 7.44. The maximum atomic E-state index is 13.0. The van der Waals surface area contributed by atoms with Crippen LogP contribution in [0.4, 0.5) is 11.4 Å². The Bertz CT molecular complexity index is 1810. The number of rotatable bonds is 7. The van der Waals surface area contributed by atoms with Crippen LogP contribution in [0.25, 0.3) is 0 Å². The summed E-state index contributed by atoms with van der Waals surface area (Å²) < 4.78 is 0. The molecule has 44 heavy (non-hydrogen) atoms. The molecule has 4 atom stereocenters. The first kappa shape index (κ1) is 29.2. The summed E-state index contributed by atoms with van der Waals surface area (Å²) in [5, 5.41) is -0.203. The molecule has 0 bridgehead atoms. The number of aliphatic imine (C=N–C) groups is 1. The summed E-state index contributed by atoms with van der Waals surface area (Å²) in [6, 6.07) is 30.0. The van der Waals surface area contributed by atoms with Crippen LogP contribution in [0.1, 0.15) is 34.3 Å². The number of nitrogens with zero attached hydrogens (tertiary/aromatic N) is 4. The lowest BCUT2D eigenvalue weighted by atomic mass is 9.92. The van der Waals surface area contributed by atoms with E-state index in [1.54, 1.807) is 15.9 Å². The van der Waals surface area contributed by atoms with Gasteiger partial charge in [0.1, 0.15) is 16.6 Å². The number of hydrogen-bond acceptors (Lipinski definition) is 4. The molecule has 2 fully saturated rings. The number of amides is 2. The number of anilines is 2. The molecule has 10 heteroatoms. The van der Waals surface area contributed by atoms with Gasteiger partial charge in [0.05, 0.1) is 18.6 Å². The van der Waals surface area contributed by atoms with E-state index in [2.05, 4.69) is 4.90 Å². The van der Waals surface area contributed by atoms with E-state index >= 15 is 0 Å². The molecule has 3 heterocycles. The van der Waals surface area contributed by atoms with Crippen molar-refractivity contribution in [2.45, 2.75) is 29.4 Å². The van der Waals surface area contributed by atoms with Crippen LogP contribution in [0.2, 0.25) is 10.0 Å². The van der Waals surface area contributed by atoms with E-state index in [1.807, 2.05) is 91.0 Å². The molecule has 0 saturated carbocycles. The van der Waals surface area contributed by atoms with E-state index in [4.69, 9.17) is 51.4 Å². The van der Waals surface area contributed by atoms with E-state index in [-0.39, 0.29) is 23.9 Å². The second-order valence-corrected chi connectivity index (χ2v) is 12.8.